The van der Waals surface area contributed by atoms with Gasteiger partial charge in [-0.15, -0.1) is 11.8 Å². The Hall–Kier alpha value is -1.32. The summed E-state index contributed by atoms with van der Waals surface area (Å²) in [6.07, 6.45) is 0. The minimum Gasteiger partial charge on any atom is -0.495 e. The lowest BCUT2D eigenvalue weighted by molar-refractivity contribution is 0.415. The largest absolute Gasteiger partial charge is 0.495 e. The summed E-state index contributed by atoms with van der Waals surface area (Å²) in [6, 6.07) is 16.1. The van der Waals surface area contributed by atoms with Crippen molar-refractivity contribution in [2.75, 3.05) is 24.7 Å². The molecule has 0 fully saturated rings. The van der Waals surface area contributed by atoms with Crippen molar-refractivity contribution >= 4 is 29.1 Å². The van der Waals surface area contributed by atoms with Crippen molar-refractivity contribution in [3.05, 3.63) is 53.6 Å². The maximum atomic E-state index is 5.98. The van der Waals surface area contributed by atoms with Crippen LogP contribution in [0.1, 0.15) is 0 Å². The number of methoxy groups -OCH3 is 1. The first-order valence-electron chi connectivity index (χ1n) is 6.05. The summed E-state index contributed by atoms with van der Waals surface area (Å²) in [5.74, 6) is 1.71. The van der Waals surface area contributed by atoms with Gasteiger partial charge >= 0.3 is 0 Å². The third-order valence-electron chi connectivity index (χ3n) is 2.59. The molecule has 2 aromatic carbocycles. The maximum absolute atomic E-state index is 5.98. The number of halogens is 1. The lowest BCUT2D eigenvalue weighted by Crippen LogP contribution is -2.04. The first-order valence-corrected chi connectivity index (χ1v) is 7.41. The Morgan fingerprint density at radius 3 is 2.68 bits per heavy atom. The second kappa shape index (κ2) is 7.31. The quantitative estimate of drug-likeness (QED) is 0.623. The predicted molar refractivity (Wildman–Crippen MR) is 83.7 cm³/mol. The highest BCUT2D eigenvalue weighted by atomic mass is 35.5. The van der Waals surface area contributed by atoms with Crippen molar-refractivity contribution in [1.29, 1.82) is 0 Å². The smallest absolute Gasteiger partial charge is 0.139 e. The fourth-order valence-corrected chi connectivity index (χ4v) is 2.63. The van der Waals surface area contributed by atoms with Crippen molar-refractivity contribution in [3.8, 4) is 5.75 Å². The van der Waals surface area contributed by atoms with Crippen molar-refractivity contribution in [2.45, 2.75) is 4.90 Å². The van der Waals surface area contributed by atoms with Gasteiger partial charge in [0.25, 0.3) is 0 Å². The van der Waals surface area contributed by atoms with Crippen molar-refractivity contribution in [1.82, 2.24) is 0 Å². The van der Waals surface area contributed by atoms with Crippen LogP contribution in [0.3, 0.4) is 0 Å². The normalized spacial score (nSPS) is 10.2. The number of thioether (sulfide) groups is 1. The highest BCUT2D eigenvalue weighted by molar-refractivity contribution is 7.99. The average Bonchev–Trinajstić information content (AvgIpc) is 2.46. The SMILES string of the molecule is COc1cc(NCCSc2ccccc2)ccc1Cl. The van der Waals surface area contributed by atoms with Gasteiger partial charge in [-0.3, -0.25) is 0 Å². The Morgan fingerprint density at radius 1 is 1.16 bits per heavy atom. The van der Waals surface area contributed by atoms with Crippen LogP contribution in [-0.4, -0.2) is 19.4 Å². The van der Waals surface area contributed by atoms with E-state index in [2.05, 4.69) is 29.6 Å². The standard InChI is InChI=1S/C15H16ClNOS/c1-18-15-11-12(7-8-14(15)16)17-9-10-19-13-5-3-2-4-6-13/h2-8,11,17H,9-10H2,1H3. The molecule has 0 saturated heterocycles. The molecule has 0 bridgehead atoms. The highest BCUT2D eigenvalue weighted by Crippen LogP contribution is 2.27. The minimum absolute atomic E-state index is 0.631. The van der Waals surface area contributed by atoms with Gasteiger partial charge in [-0.2, -0.15) is 0 Å². The molecule has 0 atom stereocenters. The molecule has 0 heterocycles. The molecule has 0 aromatic heterocycles. The molecular weight excluding hydrogens is 278 g/mol. The number of hydrogen-bond acceptors (Lipinski definition) is 3. The molecule has 0 aliphatic heterocycles. The molecule has 4 heteroatoms. The summed E-state index contributed by atoms with van der Waals surface area (Å²) < 4.78 is 5.18. The number of nitrogens with one attached hydrogen (secondary N) is 1. The van der Waals surface area contributed by atoms with Crippen LogP contribution in [0.2, 0.25) is 5.02 Å². The Morgan fingerprint density at radius 2 is 1.95 bits per heavy atom. The van der Waals surface area contributed by atoms with E-state index in [9.17, 15) is 0 Å². The van der Waals surface area contributed by atoms with E-state index in [1.54, 1.807) is 7.11 Å². The van der Waals surface area contributed by atoms with Gasteiger partial charge in [0.05, 0.1) is 12.1 Å². The average molecular weight is 294 g/mol. The molecule has 0 unspecified atom stereocenters. The first-order chi connectivity index (χ1) is 9.29. The number of hydrogen-bond donors (Lipinski definition) is 1. The molecule has 0 spiro atoms. The van der Waals surface area contributed by atoms with E-state index in [4.69, 9.17) is 16.3 Å². The molecular formula is C15H16ClNOS. The first kappa shape index (κ1) is 14.1. The van der Waals surface area contributed by atoms with Gasteiger partial charge in [-0.05, 0) is 24.3 Å². The molecule has 0 aliphatic rings. The second-order valence-corrected chi connectivity index (χ2v) is 5.51. The Balaban J connectivity index is 1.80. The molecule has 1 N–H and O–H groups in total. The summed E-state index contributed by atoms with van der Waals surface area (Å²) in [7, 11) is 1.62. The van der Waals surface area contributed by atoms with E-state index in [0.29, 0.717) is 10.8 Å². The van der Waals surface area contributed by atoms with Gasteiger partial charge in [0.15, 0.2) is 0 Å². The van der Waals surface area contributed by atoms with Crippen LogP contribution in [0.5, 0.6) is 5.75 Å². The summed E-state index contributed by atoms with van der Waals surface area (Å²) in [5, 5.41) is 3.99. The van der Waals surface area contributed by atoms with Crippen molar-refractivity contribution in [2.24, 2.45) is 0 Å². The fourth-order valence-electron chi connectivity index (χ4n) is 1.65. The van der Waals surface area contributed by atoms with E-state index in [0.717, 1.165) is 18.0 Å². The lowest BCUT2D eigenvalue weighted by atomic mass is 10.3. The number of ether oxygens (including phenoxy) is 1. The monoisotopic (exact) mass is 293 g/mol. The lowest BCUT2D eigenvalue weighted by Gasteiger charge is -2.09. The Bertz CT molecular complexity index is 519. The van der Waals surface area contributed by atoms with Crippen LogP contribution in [0.15, 0.2) is 53.4 Å². The fraction of sp³-hybridized carbons (Fsp3) is 0.200. The van der Waals surface area contributed by atoms with Gasteiger partial charge in [0.1, 0.15) is 5.75 Å². The van der Waals surface area contributed by atoms with Crippen LogP contribution in [0.4, 0.5) is 5.69 Å². The highest BCUT2D eigenvalue weighted by Gasteiger charge is 2.01. The molecule has 2 rings (SSSR count). The summed E-state index contributed by atoms with van der Waals surface area (Å²) >= 11 is 7.81. The van der Waals surface area contributed by atoms with E-state index in [-0.39, 0.29) is 0 Å². The summed E-state index contributed by atoms with van der Waals surface area (Å²) in [4.78, 5) is 1.29. The molecule has 100 valence electrons. The second-order valence-electron chi connectivity index (χ2n) is 3.94. The third kappa shape index (κ3) is 4.37. The molecule has 19 heavy (non-hydrogen) atoms. The zero-order valence-electron chi connectivity index (χ0n) is 10.7. The van der Waals surface area contributed by atoms with Gasteiger partial charge in [-0.25, -0.2) is 0 Å². The molecule has 0 aliphatic carbocycles. The van der Waals surface area contributed by atoms with Crippen LogP contribution in [0.25, 0.3) is 0 Å². The zero-order valence-corrected chi connectivity index (χ0v) is 12.3. The third-order valence-corrected chi connectivity index (χ3v) is 3.92. The van der Waals surface area contributed by atoms with Crippen LogP contribution >= 0.6 is 23.4 Å². The molecule has 0 radical (unpaired) electrons. The van der Waals surface area contributed by atoms with E-state index in [1.165, 1.54) is 4.90 Å². The van der Waals surface area contributed by atoms with Gasteiger partial charge < -0.3 is 10.1 Å². The Labute approximate surface area is 123 Å². The van der Waals surface area contributed by atoms with Crippen LogP contribution in [0, 0.1) is 0 Å². The zero-order chi connectivity index (χ0) is 13.5. The van der Waals surface area contributed by atoms with Gasteiger partial charge in [0.2, 0.25) is 0 Å². The summed E-state index contributed by atoms with van der Waals surface area (Å²) in [5.41, 5.74) is 1.02. The molecule has 2 nitrogen and oxygen atoms in total. The number of rotatable bonds is 6. The van der Waals surface area contributed by atoms with Gasteiger partial charge in [-0.1, -0.05) is 29.8 Å². The Kier molecular flexibility index (Phi) is 5.43. The molecule has 0 amide bonds. The number of anilines is 1. The number of benzene rings is 2. The topological polar surface area (TPSA) is 21.3 Å². The van der Waals surface area contributed by atoms with E-state index >= 15 is 0 Å². The van der Waals surface area contributed by atoms with Crippen LogP contribution in [-0.2, 0) is 0 Å². The summed E-state index contributed by atoms with van der Waals surface area (Å²) in [6.45, 7) is 0.893. The van der Waals surface area contributed by atoms with E-state index in [1.807, 2.05) is 36.0 Å². The van der Waals surface area contributed by atoms with E-state index < -0.39 is 0 Å². The van der Waals surface area contributed by atoms with Crippen molar-refractivity contribution < 1.29 is 4.74 Å². The molecule has 0 saturated carbocycles. The maximum Gasteiger partial charge on any atom is 0.139 e. The predicted octanol–water partition coefficient (Wildman–Crippen LogP) is 4.55. The van der Waals surface area contributed by atoms with Gasteiger partial charge in [0, 0.05) is 28.9 Å². The van der Waals surface area contributed by atoms with Crippen LogP contribution < -0.4 is 10.1 Å². The minimum atomic E-state index is 0.631. The molecule has 2 aromatic rings. The van der Waals surface area contributed by atoms with Crippen molar-refractivity contribution in [3.63, 3.8) is 0 Å².